The zero-order valence-corrected chi connectivity index (χ0v) is 18.4. The number of rotatable bonds is 8. The molecule has 0 bridgehead atoms. The van der Waals surface area contributed by atoms with Gasteiger partial charge in [-0.2, -0.15) is 0 Å². The van der Waals surface area contributed by atoms with Crippen molar-refractivity contribution in [3.05, 3.63) is 24.2 Å². The Morgan fingerprint density at radius 3 is 2.63 bits per heavy atom. The second kappa shape index (κ2) is 10.8. The molecule has 0 spiro atoms. The van der Waals surface area contributed by atoms with E-state index in [1.807, 2.05) is 6.92 Å². The van der Waals surface area contributed by atoms with Crippen LogP contribution in [0.4, 0.5) is 0 Å². The van der Waals surface area contributed by atoms with E-state index in [2.05, 4.69) is 25.4 Å². The summed E-state index contributed by atoms with van der Waals surface area (Å²) in [5, 5.41) is 17.1. The van der Waals surface area contributed by atoms with Crippen molar-refractivity contribution in [2.24, 2.45) is 10.9 Å². The summed E-state index contributed by atoms with van der Waals surface area (Å²) in [4.78, 5) is 21.5. The summed E-state index contributed by atoms with van der Waals surface area (Å²) in [5.41, 5.74) is -1.14. The van der Waals surface area contributed by atoms with Gasteiger partial charge in [-0.05, 0) is 38.8 Å². The van der Waals surface area contributed by atoms with Gasteiger partial charge in [-0.15, -0.1) is 0 Å². The summed E-state index contributed by atoms with van der Waals surface area (Å²) in [6.07, 6.45) is 6.10. The largest absolute Gasteiger partial charge is 0.466 e. The van der Waals surface area contributed by atoms with E-state index in [-0.39, 0.29) is 12.5 Å². The number of hydrogen-bond donors (Lipinski definition) is 3. The number of nitrogens with one attached hydrogen (secondary N) is 2. The van der Waals surface area contributed by atoms with Crippen LogP contribution in [0.5, 0.6) is 0 Å². The normalized spacial score (nSPS) is 20.9. The number of guanidine groups is 1. The van der Waals surface area contributed by atoms with Crippen molar-refractivity contribution in [1.82, 2.24) is 20.4 Å². The molecule has 8 heteroatoms. The molecule has 2 fully saturated rings. The highest BCUT2D eigenvalue weighted by Crippen LogP contribution is 2.27. The number of amides is 1. The molecule has 1 unspecified atom stereocenters. The molecule has 1 amide bonds. The summed E-state index contributed by atoms with van der Waals surface area (Å²) in [5.74, 6) is 1.83. The summed E-state index contributed by atoms with van der Waals surface area (Å²) < 4.78 is 5.31. The van der Waals surface area contributed by atoms with E-state index < -0.39 is 5.60 Å². The van der Waals surface area contributed by atoms with Gasteiger partial charge < -0.3 is 25.1 Å². The van der Waals surface area contributed by atoms with Gasteiger partial charge in [0, 0.05) is 51.7 Å². The first-order valence-corrected chi connectivity index (χ1v) is 11.3. The maximum atomic E-state index is 12.6. The summed E-state index contributed by atoms with van der Waals surface area (Å²) >= 11 is 0. The van der Waals surface area contributed by atoms with E-state index in [4.69, 9.17) is 4.42 Å². The fourth-order valence-electron chi connectivity index (χ4n) is 4.19. The Kier molecular flexibility index (Phi) is 8.16. The summed E-state index contributed by atoms with van der Waals surface area (Å²) in [6, 6.07) is 3.52. The van der Waals surface area contributed by atoms with Crippen molar-refractivity contribution in [2.75, 3.05) is 52.4 Å². The number of nitrogens with zero attached hydrogens (tertiary/aromatic N) is 3. The average molecular weight is 420 g/mol. The number of furan rings is 1. The van der Waals surface area contributed by atoms with Crippen molar-refractivity contribution in [1.29, 1.82) is 0 Å². The van der Waals surface area contributed by atoms with Gasteiger partial charge in [0.05, 0.1) is 12.8 Å². The van der Waals surface area contributed by atoms with Gasteiger partial charge in [0.25, 0.3) is 0 Å². The van der Waals surface area contributed by atoms with Crippen LogP contribution in [0.3, 0.4) is 0 Å². The van der Waals surface area contributed by atoms with Crippen LogP contribution in [0.2, 0.25) is 0 Å². The van der Waals surface area contributed by atoms with Gasteiger partial charge in [-0.1, -0.05) is 12.8 Å². The molecular weight excluding hydrogens is 382 g/mol. The molecule has 1 saturated heterocycles. The van der Waals surface area contributed by atoms with E-state index in [0.717, 1.165) is 58.7 Å². The quantitative estimate of drug-likeness (QED) is 0.435. The van der Waals surface area contributed by atoms with Crippen LogP contribution in [-0.4, -0.2) is 79.1 Å². The average Bonchev–Trinajstić information content (AvgIpc) is 3.46. The van der Waals surface area contributed by atoms with E-state index >= 15 is 0 Å². The highest BCUT2D eigenvalue weighted by Gasteiger charge is 2.29. The van der Waals surface area contributed by atoms with E-state index in [1.165, 1.54) is 12.8 Å². The first-order chi connectivity index (χ1) is 14.5. The second-order valence-corrected chi connectivity index (χ2v) is 8.52. The maximum Gasteiger partial charge on any atom is 0.225 e. The van der Waals surface area contributed by atoms with Gasteiger partial charge in [0.2, 0.25) is 5.91 Å². The lowest BCUT2D eigenvalue weighted by Gasteiger charge is -2.36. The van der Waals surface area contributed by atoms with Gasteiger partial charge in [0.1, 0.15) is 11.4 Å². The third-order valence-corrected chi connectivity index (χ3v) is 6.05. The highest BCUT2D eigenvalue weighted by molar-refractivity contribution is 5.80. The minimum Gasteiger partial charge on any atom is -0.466 e. The minimum absolute atomic E-state index is 0.206. The first kappa shape index (κ1) is 22.6. The molecule has 0 radical (unpaired) electrons. The molecule has 2 heterocycles. The Balaban J connectivity index is 1.40. The molecule has 1 aliphatic heterocycles. The Hall–Kier alpha value is -2.06. The third-order valence-electron chi connectivity index (χ3n) is 6.05. The summed E-state index contributed by atoms with van der Waals surface area (Å²) in [7, 11) is 0. The molecule has 3 rings (SSSR count). The standard InChI is InChI=1S/C22H37N5O3/c1-3-23-21(25-17-22(2,29)19-9-6-16-30-19)24-10-11-26-12-14-27(15-13-26)20(28)18-7-4-5-8-18/h6,9,16,18,29H,3-5,7-8,10-15,17H2,1-2H3,(H2,23,24,25). The predicted molar refractivity (Wildman–Crippen MR) is 117 cm³/mol. The Bertz CT molecular complexity index is 675. The molecule has 0 aromatic carbocycles. The Morgan fingerprint density at radius 2 is 2.00 bits per heavy atom. The Labute approximate surface area is 179 Å². The molecule has 1 aliphatic carbocycles. The molecule has 1 aromatic rings. The molecule has 30 heavy (non-hydrogen) atoms. The predicted octanol–water partition coefficient (Wildman–Crippen LogP) is 1.38. The molecule has 3 N–H and O–H groups in total. The number of piperazine rings is 1. The third kappa shape index (κ3) is 6.22. The maximum absolute atomic E-state index is 12.6. The van der Waals surface area contributed by atoms with Gasteiger partial charge in [-0.3, -0.25) is 9.69 Å². The van der Waals surface area contributed by atoms with Crippen LogP contribution in [-0.2, 0) is 10.4 Å². The van der Waals surface area contributed by atoms with Crippen LogP contribution in [0.1, 0.15) is 45.3 Å². The van der Waals surface area contributed by atoms with Crippen LogP contribution in [0.15, 0.2) is 27.8 Å². The highest BCUT2D eigenvalue weighted by atomic mass is 16.4. The zero-order chi connectivity index (χ0) is 21.4. The second-order valence-electron chi connectivity index (χ2n) is 8.52. The van der Waals surface area contributed by atoms with Crippen LogP contribution >= 0.6 is 0 Å². The van der Waals surface area contributed by atoms with E-state index in [1.54, 1.807) is 25.3 Å². The van der Waals surface area contributed by atoms with Crippen molar-refractivity contribution < 1.29 is 14.3 Å². The van der Waals surface area contributed by atoms with Gasteiger partial charge in [0.15, 0.2) is 5.96 Å². The molecule has 1 aromatic heterocycles. The smallest absolute Gasteiger partial charge is 0.225 e. The fourth-order valence-corrected chi connectivity index (χ4v) is 4.19. The number of hydrogen-bond acceptors (Lipinski definition) is 5. The zero-order valence-electron chi connectivity index (χ0n) is 18.4. The van der Waals surface area contributed by atoms with Crippen molar-refractivity contribution >= 4 is 11.9 Å². The fraction of sp³-hybridized carbons (Fsp3) is 0.727. The Morgan fingerprint density at radius 1 is 1.27 bits per heavy atom. The topological polar surface area (TPSA) is 93.3 Å². The van der Waals surface area contributed by atoms with Crippen LogP contribution in [0.25, 0.3) is 0 Å². The molecule has 8 nitrogen and oxygen atoms in total. The monoisotopic (exact) mass is 419 g/mol. The number of aliphatic hydroxyl groups is 1. The first-order valence-electron chi connectivity index (χ1n) is 11.3. The van der Waals surface area contributed by atoms with Crippen molar-refractivity contribution in [3.63, 3.8) is 0 Å². The van der Waals surface area contributed by atoms with E-state index in [9.17, 15) is 9.90 Å². The van der Waals surface area contributed by atoms with Gasteiger partial charge in [-0.25, -0.2) is 4.99 Å². The number of carbonyl (C=O) groups is 1. The van der Waals surface area contributed by atoms with E-state index in [0.29, 0.717) is 17.6 Å². The SMILES string of the molecule is CCNC(=NCC(C)(O)c1ccco1)NCCN1CCN(C(=O)C2CCCC2)CC1. The lowest BCUT2D eigenvalue weighted by atomic mass is 10.0. The molecule has 1 atom stereocenters. The molecule has 2 aliphatic rings. The number of aliphatic imine (C=N–C) groups is 1. The molecular formula is C22H37N5O3. The van der Waals surface area contributed by atoms with Crippen molar-refractivity contribution in [2.45, 2.75) is 45.1 Å². The number of carbonyl (C=O) groups excluding carboxylic acids is 1. The summed E-state index contributed by atoms with van der Waals surface area (Å²) in [6.45, 7) is 9.81. The lowest BCUT2D eigenvalue weighted by Crippen LogP contribution is -2.52. The molecule has 168 valence electrons. The van der Waals surface area contributed by atoms with Crippen molar-refractivity contribution in [3.8, 4) is 0 Å². The lowest BCUT2D eigenvalue weighted by molar-refractivity contribution is -0.137. The van der Waals surface area contributed by atoms with Crippen LogP contribution in [0, 0.1) is 5.92 Å². The minimum atomic E-state index is -1.14. The van der Waals surface area contributed by atoms with Gasteiger partial charge >= 0.3 is 0 Å². The molecule has 1 saturated carbocycles. The van der Waals surface area contributed by atoms with Crippen LogP contribution < -0.4 is 10.6 Å².